The number of carbonyl (C=O) groups excluding carboxylic acids is 1. The number of nitrogens with zero attached hydrogens (tertiary/aromatic N) is 5. The number of hydrogen-bond acceptors (Lipinski definition) is 5. The van der Waals surface area contributed by atoms with Crippen molar-refractivity contribution in [2.24, 2.45) is 0 Å². The zero-order chi connectivity index (χ0) is 23.2. The minimum absolute atomic E-state index is 0.166. The number of halogens is 1. The molecule has 1 aliphatic rings. The first-order valence-electron chi connectivity index (χ1n) is 11.0. The molecule has 34 heavy (non-hydrogen) atoms. The van der Waals surface area contributed by atoms with E-state index in [4.69, 9.17) is 15.0 Å². The molecule has 0 aliphatic carbocycles. The summed E-state index contributed by atoms with van der Waals surface area (Å²) in [6.45, 7) is 1.12. The Balaban J connectivity index is 1.52. The van der Waals surface area contributed by atoms with E-state index >= 15 is 0 Å². The summed E-state index contributed by atoms with van der Waals surface area (Å²) in [5.74, 6) is 0.735. The van der Waals surface area contributed by atoms with Crippen molar-refractivity contribution in [1.29, 1.82) is 0 Å². The van der Waals surface area contributed by atoms with E-state index in [9.17, 15) is 9.18 Å². The van der Waals surface area contributed by atoms with Crippen molar-refractivity contribution in [3.63, 3.8) is 0 Å². The Morgan fingerprint density at radius 2 is 1.44 bits per heavy atom. The highest BCUT2D eigenvalue weighted by Gasteiger charge is 2.30. The molecule has 0 bridgehead atoms. The van der Waals surface area contributed by atoms with Crippen molar-refractivity contribution < 1.29 is 9.18 Å². The molecule has 0 unspecified atom stereocenters. The second kappa shape index (κ2) is 7.88. The monoisotopic (exact) mass is 449 g/mol. The molecule has 0 N–H and O–H groups in total. The smallest absolute Gasteiger partial charge is 0.260 e. The molecule has 3 heterocycles. The molecule has 6 rings (SSSR count). The standard InChI is InChI=1S/C27H20FN5O/c1-32-14-15-33(26-25(32)30-22-8-4-5-9-23(22)31-26)27(34)20-16-24(17-10-12-18(28)13-11-17)29-21-7-3-2-6-19(20)21/h2-13,16H,14-15H2,1H3. The van der Waals surface area contributed by atoms with E-state index in [0.717, 1.165) is 22.0 Å². The van der Waals surface area contributed by atoms with Crippen molar-refractivity contribution in [3.05, 3.63) is 90.2 Å². The van der Waals surface area contributed by atoms with Gasteiger partial charge in [0.05, 0.1) is 27.8 Å². The number of likely N-dealkylation sites (N-methyl/N-ethyl adjacent to an activating group) is 1. The zero-order valence-electron chi connectivity index (χ0n) is 18.4. The van der Waals surface area contributed by atoms with E-state index in [1.807, 2.05) is 60.5 Å². The van der Waals surface area contributed by atoms with Crippen molar-refractivity contribution in [2.45, 2.75) is 0 Å². The van der Waals surface area contributed by atoms with Crippen LogP contribution >= 0.6 is 0 Å². The van der Waals surface area contributed by atoms with E-state index in [-0.39, 0.29) is 11.7 Å². The summed E-state index contributed by atoms with van der Waals surface area (Å²) < 4.78 is 13.5. The Labute approximate surface area is 195 Å². The second-order valence-electron chi connectivity index (χ2n) is 8.32. The number of carbonyl (C=O) groups is 1. The van der Waals surface area contributed by atoms with Gasteiger partial charge in [0, 0.05) is 31.1 Å². The molecular weight excluding hydrogens is 429 g/mol. The molecule has 0 radical (unpaired) electrons. The molecule has 3 aromatic carbocycles. The molecule has 0 fully saturated rings. The Morgan fingerprint density at radius 3 is 2.18 bits per heavy atom. The number of para-hydroxylation sites is 3. The number of amides is 1. The fourth-order valence-electron chi connectivity index (χ4n) is 4.34. The highest BCUT2D eigenvalue weighted by atomic mass is 19.1. The molecule has 0 atom stereocenters. The van der Waals surface area contributed by atoms with Crippen LogP contribution in [-0.4, -0.2) is 41.0 Å². The summed E-state index contributed by atoms with van der Waals surface area (Å²) in [4.78, 5) is 32.0. The Morgan fingerprint density at radius 1 is 0.794 bits per heavy atom. The van der Waals surface area contributed by atoms with Crippen LogP contribution in [0.2, 0.25) is 0 Å². The van der Waals surface area contributed by atoms with Crippen LogP contribution in [-0.2, 0) is 0 Å². The Bertz CT molecular complexity index is 1570. The van der Waals surface area contributed by atoms with Gasteiger partial charge in [0.15, 0.2) is 11.6 Å². The third kappa shape index (κ3) is 3.33. The lowest BCUT2D eigenvalue weighted by molar-refractivity contribution is 0.0987. The number of aromatic nitrogens is 3. The number of fused-ring (bicyclic) bond motifs is 3. The molecule has 6 nitrogen and oxygen atoms in total. The van der Waals surface area contributed by atoms with Gasteiger partial charge in [-0.1, -0.05) is 30.3 Å². The van der Waals surface area contributed by atoms with Crippen LogP contribution in [0.4, 0.5) is 16.0 Å². The SMILES string of the molecule is CN1CCN(C(=O)c2cc(-c3ccc(F)cc3)nc3ccccc23)c2nc3ccccc3nc21. The van der Waals surface area contributed by atoms with Crippen molar-refractivity contribution in [3.8, 4) is 11.3 Å². The van der Waals surface area contributed by atoms with E-state index in [0.29, 0.717) is 41.5 Å². The van der Waals surface area contributed by atoms with Crippen LogP contribution < -0.4 is 9.80 Å². The second-order valence-corrected chi connectivity index (χ2v) is 8.32. The average molecular weight is 449 g/mol. The summed E-state index contributed by atoms with van der Waals surface area (Å²) in [7, 11) is 1.96. The van der Waals surface area contributed by atoms with E-state index < -0.39 is 0 Å². The lowest BCUT2D eigenvalue weighted by Gasteiger charge is -2.34. The first kappa shape index (κ1) is 20.2. The van der Waals surface area contributed by atoms with Crippen LogP contribution in [0, 0.1) is 5.82 Å². The van der Waals surface area contributed by atoms with E-state index in [1.165, 1.54) is 12.1 Å². The van der Waals surface area contributed by atoms with Gasteiger partial charge in [0.2, 0.25) is 0 Å². The molecule has 0 saturated heterocycles. The number of anilines is 2. The van der Waals surface area contributed by atoms with Gasteiger partial charge in [-0.25, -0.2) is 19.3 Å². The molecule has 1 aliphatic heterocycles. The summed E-state index contributed by atoms with van der Waals surface area (Å²) in [5, 5.41) is 0.757. The predicted molar refractivity (Wildman–Crippen MR) is 132 cm³/mol. The average Bonchev–Trinajstić information content (AvgIpc) is 2.87. The lowest BCUT2D eigenvalue weighted by Crippen LogP contribution is -2.44. The Kier molecular flexibility index (Phi) is 4.69. The molecular formula is C27H20FN5O. The number of pyridine rings is 1. The molecule has 0 spiro atoms. The highest BCUT2D eigenvalue weighted by Crippen LogP contribution is 2.33. The first-order valence-corrected chi connectivity index (χ1v) is 11.0. The maximum atomic E-state index is 14.0. The summed E-state index contributed by atoms with van der Waals surface area (Å²) >= 11 is 0. The van der Waals surface area contributed by atoms with Gasteiger partial charge in [-0.2, -0.15) is 0 Å². The molecule has 5 aromatic rings. The number of benzene rings is 3. The van der Waals surface area contributed by atoms with Crippen molar-refractivity contribution in [2.75, 3.05) is 29.9 Å². The van der Waals surface area contributed by atoms with Crippen LogP contribution in [0.1, 0.15) is 10.4 Å². The highest BCUT2D eigenvalue weighted by molar-refractivity contribution is 6.15. The molecule has 2 aromatic heterocycles. The maximum absolute atomic E-state index is 14.0. The normalized spacial score (nSPS) is 13.4. The zero-order valence-corrected chi connectivity index (χ0v) is 18.4. The summed E-state index contributed by atoms with van der Waals surface area (Å²) in [6.07, 6.45) is 0. The predicted octanol–water partition coefficient (Wildman–Crippen LogP) is 5.08. The van der Waals surface area contributed by atoms with Crippen molar-refractivity contribution in [1.82, 2.24) is 15.0 Å². The van der Waals surface area contributed by atoms with Crippen LogP contribution in [0.15, 0.2) is 78.9 Å². The first-order chi connectivity index (χ1) is 16.6. The van der Waals surface area contributed by atoms with Gasteiger partial charge in [-0.15, -0.1) is 0 Å². The summed E-state index contributed by atoms with van der Waals surface area (Å²) in [6, 6.07) is 23.1. The summed E-state index contributed by atoms with van der Waals surface area (Å²) in [5.41, 5.74) is 4.10. The van der Waals surface area contributed by atoms with Crippen LogP contribution in [0.5, 0.6) is 0 Å². The lowest BCUT2D eigenvalue weighted by atomic mass is 10.0. The van der Waals surface area contributed by atoms with Crippen LogP contribution in [0.25, 0.3) is 33.2 Å². The maximum Gasteiger partial charge on any atom is 0.260 e. The number of rotatable bonds is 2. The molecule has 166 valence electrons. The minimum Gasteiger partial charge on any atom is -0.355 e. The topological polar surface area (TPSA) is 62.2 Å². The third-order valence-corrected chi connectivity index (χ3v) is 6.14. The van der Waals surface area contributed by atoms with Gasteiger partial charge in [0.1, 0.15) is 5.82 Å². The van der Waals surface area contributed by atoms with E-state index in [2.05, 4.69) is 0 Å². The van der Waals surface area contributed by atoms with Crippen molar-refractivity contribution >= 4 is 39.5 Å². The van der Waals surface area contributed by atoms with Gasteiger partial charge in [-0.05, 0) is 48.5 Å². The van der Waals surface area contributed by atoms with Crippen LogP contribution in [0.3, 0.4) is 0 Å². The third-order valence-electron chi connectivity index (χ3n) is 6.14. The molecule has 0 saturated carbocycles. The van der Waals surface area contributed by atoms with E-state index in [1.54, 1.807) is 23.1 Å². The van der Waals surface area contributed by atoms with Gasteiger partial charge in [0.25, 0.3) is 5.91 Å². The fourth-order valence-corrected chi connectivity index (χ4v) is 4.34. The fraction of sp³-hybridized carbons (Fsp3) is 0.111. The Hall–Kier alpha value is -4.39. The molecule has 1 amide bonds. The quantitative estimate of drug-likeness (QED) is 0.376. The minimum atomic E-state index is -0.319. The van der Waals surface area contributed by atoms with Gasteiger partial charge >= 0.3 is 0 Å². The largest absolute Gasteiger partial charge is 0.355 e. The molecule has 7 heteroatoms. The number of hydrogen-bond donors (Lipinski definition) is 0. The van der Waals surface area contributed by atoms with Gasteiger partial charge < -0.3 is 4.90 Å². The van der Waals surface area contributed by atoms with Gasteiger partial charge in [-0.3, -0.25) is 9.69 Å².